The van der Waals surface area contributed by atoms with E-state index in [0.717, 1.165) is 0 Å². The minimum Gasteiger partial charge on any atom is -0.475 e. The molecule has 0 aliphatic rings. The van der Waals surface area contributed by atoms with E-state index in [-0.39, 0.29) is 29.2 Å². The molecule has 0 fully saturated rings. The summed E-state index contributed by atoms with van der Waals surface area (Å²) < 4.78 is 5.03. The number of carboxylic acids is 1. The number of aromatic carboxylic acids is 1. The first kappa shape index (κ1) is 14.1. The fourth-order valence-corrected chi connectivity index (χ4v) is 1.74. The number of nitro benzene ring substituents is 1. The van der Waals surface area contributed by atoms with Gasteiger partial charge in [-0.2, -0.15) is 5.26 Å². The summed E-state index contributed by atoms with van der Waals surface area (Å²) >= 11 is 0. The molecular formula is C13H9N3O5. The SMILES string of the molecule is N#Cc1cccc(NCc2ccc(C(=O)O)o2)c1[N+](=O)[O-]. The van der Waals surface area contributed by atoms with Crippen molar-refractivity contribution in [2.24, 2.45) is 0 Å². The van der Waals surface area contributed by atoms with Crippen molar-refractivity contribution in [3.8, 4) is 6.07 Å². The largest absolute Gasteiger partial charge is 0.475 e. The van der Waals surface area contributed by atoms with E-state index in [1.54, 1.807) is 6.07 Å². The highest BCUT2D eigenvalue weighted by atomic mass is 16.6. The third kappa shape index (κ3) is 2.98. The van der Waals surface area contributed by atoms with Gasteiger partial charge in [-0.05, 0) is 24.3 Å². The first-order chi connectivity index (χ1) is 10.0. The molecule has 0 atom stereocenters. The lowest BCUT2D eigenvalue weighted by atomic mass is 10.1. The molecule has 2 N–H and O–H groups in total. The molecule has 1 aromatic carbocycles. The van der Waals surface area contributed by atoms with Crippen LogP contribution in [0.25, 0.3) is 0 Å². The molecule has 21 heavy (non-hydrogen) atoms. The molecule has 106 valence electrons. The Labute approximate surface area is 118 Å². The van der Waals surface area contributed by atoms with Crippen LogP contribution < -0.4 is 5.32 Å². The first-order valence-corrected chi connectivity index (χ1v) is 5.76. The Kier molecular flexibility index (Phi) is 3.85. The number of nitriles is 1. The molecule has 1 heterocycles. The van der Waals surface area contributed by atoms with E-state index in [4.69, 9.17) is 14.8 Å². The van der Waals surface area contributed by atoms with E-state index in [0.29, 0.717) is 5.76 Å². The van der Waals surface area contributed by atoms with Crippen molar-refractivity contribution in [3.05, 3.63) is 57.5 Å². The number of hydrogen-bond acceptors (Lipinski definition) is 6. The van der Waals surface area contributed by atoms with Gasteiger partial charge in [-0.15, -0.1) is 0 Å². The number of carbonyl (C=O) groups is 1. The van der Waals surface area contributed by atoms with Gasteiger partial charge >= 0.3 is 11.7 Å². The van der Waals surface area contributed by atoms with Crippen LogP contribution in [0.3, 0.4) is 0 Å². The van der Waals surface area contributed by atoms with Crippen LogP contribution in [0.15, 0.2) is 34.7 Å². The van der Waals surface area contributed by atoms with Crippen LogP contribution in [0.2, 0.25) is 0 Å². The average molecular weight is 287 g/mol. The molecule has 0 unspecified atom stereocenters. The zero-order valence-electron chi connectivity index (χ0n) is 10.6. The van der Waals surface area contributed by atoms with Gasteiger partial charge in [-0.1, -0.05) is 6.07 Å². The van der Waals surface area contributed by atoms with Gasteiger partial charge < -0.3 is 14.8 Å². The maximum Gasteiger partial charge on any atom is 0.371 e. The Morgan fingerprint density at radius 3 is 2.76 bits per heavy atom. The lowest BCUT2D eigenvalue weighted by Crippen LogP contribution is -2.03. The van der Waals surface area contributed by atoms with E-state index < -0.39 is 10.9 Å². The molecule has 2 rings (SSSR count). The Balaban J connectivity index is 2.22. The number of anilines is 1. The normalized spacial score (nSPS) is 9.86. The van der Waals surface area contributed by atoms with E-state index >= 15 is 0 Å². The average Bonchev–Trinajstić information content (AvgIpc) is 2.93. The topological polar surface area (TPSA) is 129 Å². The minimum absolute atomic E-state index is 0.0585. The first-order valence-electron chi connectivity index (χ1n) is 5.76. The molecule has 1 aromatic heterocycles. The molecule has 0 amide bonds. The lowest BCUT2D eigenvalue weighted by Gasteiger charge is -2.06. The Hall–Kier alpha value is -3.34. The summed E-state index contributed by atoms with van der Waals surface area (Å²) in [4.78, 5) is 21.0. The van der Waals surface area contributed by atoms with Crippen LogP contribution >= 0.6 is 0 Å². The Bertz CT molecular complexity index is 745. The van der Waals surface area contributed by atoms with E-state index in [1.807, 2.05) is 0 Å². The summed E-state index contributed by atoms with van der Waals surface area (Å²) in [5.41, 5.74) is -0.229. The van der Waals surface area contributed by atoms with Gasteiger partial charge in [0.15, 0.2) is 0 Å². The smallest absolute Gasteiger partial charge is 0.371 e. The highest BCUT2D eigenvalue weighted by Crippen LogP contribution is 2.28. The number of rotatable bonds is 5. The van der Waals surface area contributed by atoms with Crippen LogP contribution in [0.1, 0.15) is 21.9 Å². The van der Waals surface area contributed by atoms with E-state index in [1.165, 1.54) is 30.3 Å². The van der Waals surface area contributed by atoms with Crippen molar-refractivity contribution in [2.45, 2.75) is 6.54 Å². The maximum absolute atomic E-state index is 11.0. The fraction of sp³-hybridized carbons (Fsp3) is 0.0769. The zero-order chi connectivity index (χ0) is 15.4. The number of para-hydroxylation sites is 1. The second kappa shape index (κ2) is 5.75. The van der Waals surface area contributed by atoms with Crippen LogP contribution in [-0.2, 0) is 6.54 Å². The number of nitrogens with zero attached hydrogens (tertiary/aromatic N) is 2. The molecule has 0 bridgehead atoms. The molecular weight excluding hydrogens is 278 g/mol. The summed E-state index contributed by atoms with van der Waals surface area (Å²) in [6.07, 6.45) is 0. The van der Waals surface area contributed by atoms with Gasteiger partial charge in [0, 0.05) is 0 Å². The molecule has 0 saturated carbocycles. The number of benzene rings is 1. The third-order valence-corrected chi connectivity index (χ3v) is 2.66. The van der Waals surface area contributed by atoms with Gasteiger partial charge in [0.1, 0.15) is 23.1 Å². The number of carboxylic acid groups (broad SMARTS) is 1. The van der Waals surface area contributed by atoms with E-state index in [9.17, 15) is 14.9 Å². The van der Waals surface area contributed by atoms with Crippen molar-refractivity contribution in [1.29, 1.82) is 5.26 Å². The molecule has 0 aliphatic carbocycles. The van der Waals surface area contributed by atoms with Gasteiger partial charge in [0.25, 0.3) is 0 Å². The Morgan fingerprint density at radius 2 is 2.19 bits per heavy atom. The van der Waals surface area contributed by atoms with Crippen molar-refractivity contribution < 1.29 is 19.2 Å². The monoisotopic (exact) mass is 287 g/mol. The summed E-state index contributed by atoms with van der Waals surface area (Å²) in [5, 5.41) is 31.4. The quantitative estimate of drug-likeness (QED) is 0.637. The highest BCUT2D eigenvalue weighted by Gasteiger charge is 2.19. The zero-order valence-corrected chi connectivity index (χ0v) is 10.6. The van der Waals surface area contributed by atoms with Crippen molar-refractivity contribution in [1.82, 2.24) is 0 Å². The molecule has 2 aromatic rings. The molecule has 8 heteroatoms. The van der Waals surface area contributed by atoms with Crippen LogP contribution in [0.4, 0.5) is 11.4 Å². The number of hydrogen-bond donors (Lipinski definition) is 2. The summed E-state index contributed by atoms with van der Waals surface area (Å²) in [6, 6.07) is 8.81. The standard InChI is InChI=1S/C13H9N3O5/c14-6-8-2-1-3-10(12(8)16(19)20)15-7-9-4-5-11(21-9)13(17)18/h1-5,15H,7H2,(H,17,18). The van der Waals surface area contributed by atoms with Gasteiger partial charge in [0.2, 0.25) is 5.76 Å². The summed E-state index contributed by atoms with van der Waals surface area (Å²) in [7, 11) is 0. The molecule has 0 saturated heterocycles. The van der Waals surface area contributed by atoms with Crippen LogP contribution in [0.5, 0.6) is 0 Å². The lowest BCUT2D eigenvalue weighted by molar-refractivity contribution is -0.384. The van der Waals surface area contributed by atoms with Crippen LogP contribution in [-0.4, -0.2) is 16.0 Å². The molecule has 0 spiro atoms. The Morgan fingerprint density at radius 1 is 1.43 bits per heavy atom. The molecule has 0 aliphatic heterocycles. The molecule has 0 radical (unpaired) electrons. The van der Waals surface area contributed by atoms with Gasteiger partial charge in [0.05, 0.1) is 11.5 Å². The summed E-state index contributed by atoms with van der Waals surface area (Å²) in [5.74, 6) is -1.10. The maximum atomic E-state index is 11.0. The predicted octanol–water partition coefficient (Wildman–Crippen LogP) is 2.37. The number of nitrogens with one attached hydrogen (secondary N) is 1. The van der Waals surface area contributed by atoms with Crippen molar-refractivity contribution in [3.63, 3.8) is 0 Å². The number of nitro groups is 1. The summed E-state index contributed by atoms with van der Waals surface area (Å²) in [6.45, 7) is 0.0585. The highest BCUT2D eigenvalue weighted by molar-refractivity contribution is 5.84. The molecule has 8 nitrogen and oxygen atoms in total. The number of furan rings is 1. The van der Waals surface area contributed by atoms with Crippen molar-refractivity contribution >= 4 is 17.3 Å². The second-order valence-electron chi connectivity index (χ2n) is 4.00. The van der Waals surface area contributed by atoms with Gasteiger partial charge in [-0.3, -0.25) is 10.1 Å². The minimum atomic E-state index is -1.20. The van der Waals surface area contributed by atoms with Crippen molar-refractivity contribution in [2.75, 3.05) is 5.32 Å². The van der Waals surface area contributed by atoms with Crippen LogP contribution in [0, 0.1) is 21.4 Å². The van der Waals surface area contributed by atoms with Gasteiger partial charge in [-0.25, -0.2) is 4.79 Å². The van der Waals surface area contributed by atoms with E-state index in [2.05, 4.69) is 5.32 Å². The third-order valence-electron chi connectivity index (χ3n) is 2.66. The predicted molar refractivity (Wildman–Crippen MR) is 70.8 cm³/mol. The fourth-order valence-electron chi connectivity index (χ4n) is 1.74. The second-order valence-corrected chi connectivity index (χ2v) is 4.00.